The molecule has 238 valence electrons. The number of nitrogens with one attached hydrogen (secondary N) is 1. The molecule has 0 fully saturated rings. The van der Waals surface area contributed by atoms with Crippen LogP contribution in [0, 0.1) is 0 Å². The van der Waals surface area contributed by atoms with Gasteiger partial charge < -0.3 is 19.5 Å². The Morgan fingerprint density at radius 2 is 0.975 bits per heavy atom. The van der Waals surface area contributed by atoms with Crippen molar-refractivity contribution in [3.8, 4) is 0 Å². The molecule has 0 aliphatic carbocycles. The number of esters is 3. The van der Waals surface area contributed by atoms with E-state index >= 15 is 0 Å². The number of nitrogens with zero attached hydrogens (tertiary/aromatic N) is 2. The van der Waals surface area contributed by atoms with E-state index in [9.17, 15) is 14.4 Å². The normalized spacial score (nSPS) is 12.2. The highest BCUT2D eigenvalue weighted by atomic mass is 16.6. The van der Waals surface area contributed by atoms with Crippen LogP contribution in [0.3, 0.4) is 0 Å². The van der Waals surface area contributed by atoms with E-state index in [0.29, 0.717) is 19.5 Å². The van der Waals surface area contributed by atoms with Gasteiger partial charge in [0.1, 0.15) is 16.8 Å². The maximum Gasteiger partial charge on any atom is 0.320 e. The van der Waals surface area contributed by atoms with Gasteiger partial charge in [-0.1, -0.05) is 33.6 Å². The lowest BCUT2D eigenvalue weighted by molar-refractivity contribution is -0.158. The average Bonchev–Trinajstić information content (AvgIpc) is 2.76. The Balaban J connectivity index is 0. The summed E-state index contributed by atoms with van der Waals surface area (Å²) in [6.07, 6.45) is 4.84. The van der Waals surface area contributed by atoms with Crippen LogP contribution < -0.4 is 5.32 Å². The number of rotatable bonds is 17. The first-order valence-electron chi connectivity index (χ1n) is 15.1. The van der Waals surface area contributed by atoms with Crippen LogP contribution in [0.2, 0.25) is 0 Å². The largest absolute Gasteiger partial charge is 0.460 e. The van der Waals surface area contributed by atoms with Crippen LogP contribution in [0.25, 0.3) is 0 Å². The standard InChI is InChI=1S/C24H49N3O4.C7H14O2/c1-9-11-12-15-26(19-21(28)30-23(3,4)5)17-18-27(16-14-25-13-10-2)20-22(29)31-24(6,7)8;1-5-6(8)9-7(2,3)4/h25H,9-20H2,1-8H3;5H2,1-4H3. The van der Waals surface area contributed by atoms with Gasteiger partial charge >= 0.3 is 17.9 Å². The second-order valence-electron chi connectivity index (χ2n) is 13.1. The quantitative estimate of drug-likeness (QED) is 0.143. The minimum Gasteiger partial charge on any atom is -0.460 e. The van der Waals surface area contributed by atoms with E-state index < -0.39 is 11.2 Å². The predicted molar refractivity (Wildman–Crippen MR) is 163 cm³/mol. The lowest BCUT2D eigenvalue weighted by atomic mass is 10.2. The molecule has 40 heavy (non-hydrogen) atoms. The van der Waals surface area contributed by atoms with Crippen molar-refractivity contribution in [2.45, 2.75) is 132 Å². The van der Waals surface area contributed by atoms with E-state index in [1.807, 2.05) is 62.3 Å². The Bertz CT molecular complexity index is 693. The minimum absolute atomic E-state index is 0.137. The average molecular weight is 574 g/mol. The van der Waals surface area contributed by atoms with Crippen LogP contribution in [0.5, 0.6) is 0 Å². The molecular formula is C31H63N3O6. The van der Waals surface area contributed by atoms with Gasteiger partial charge in [-0.15, -0.1) is 0 Å². The molecular weight excluding hydrogens is 510 g/mol. The van der Waals surface area contributed by atoms with E-state index in [1.165, 1.54) is 0 Å². The van der Waals surface area contributed by atoms with Gasteiger partial charge in [-0.05, 0) is 88.2 Å². The first-order valence-corrected chi connectivity index (χ1v) is 15.1. The molecule has 9 nitrogen and oxygen atoms in total. The molecule has 0 radical (unpaired) electrons. The maximum atomic E-state index is 12.4. The van der Waals surface area contributed by atoms with Crippen molar-refractivity contribution in [3.63, 3.8) is 0 Å². The topological polar surface area (TPSA) is 97.4 Å². The smallest absolute Gasteiger partial charge is 0.320 e. The van der Waals surface area contributed by atoms with Crippen molar-refractivity contribution >= 4 is 17.9 Å². The second kappa shape index (κ2) is 21.1. The number of carbonyl (C=O) groups excluding carboxylic acids is 3. The fourth-order valence-electron chi connectivity index (χ4n) is 3.47. The third-order valence-corrected chi connectivity index (χ3v) is 5.10. The molecule has 0 saturated heterocycles. The summed E-state index contributed by atoms with van der Waals surface area (Å²) >= 11 is 0. The number of unbranched alkanes of at least 4 members (excludes halogenated alkanes) is 2. The Kier molecular flexibility index (Phi) is 21.3. The van der Waals surface area contributed by atoms with Crippen molar-refractivity contribution < 1.29 is 28.6 Å². The molecule has 0 aromatic rings. The second-order valence-corrected chi connectivity index (χ2v) is 13.1. The monoisotopic (exact) mass is 573 g/mol. The molecule has 1 N–H and O–H groups in total. The molecule has 0 spiro atoms. The summed E-state index contributed by atoms with van der Waals surface area (Å²) in [5.74, 6) is -0.553. The van der Waals surface area contributed by atoms with Crippen molar-refractivity contribution in [2.24, 2.45) is 0 Å². The summed E-state index contributed by atoms with van der Waals surface area (Å²) in [5, 5.41) is 3.39. The van der Waals surface area contributed by atoms with Gasteiger partial charge in [0.2, 0.25) is 0 Å². The summed E-state index contributed by atoms with van der Waals surface area (Å²) in [6.45, 7) is 28.3. The maximum absolute atomic E-state index is 12.4. The minimum atomic E-state index is -0.494. The van der Waals surface area contributed by atoms with Crippen LogP contribution in [0.15, 0.2) is 0 Å². The van der Waals surface area contributed by atoms with Gasteiger partial charge in [0.25, 0.3) is 0 Å². The van der Waals surface area contributed by atoms with Crippen LogP contribution >= 0.6 is 0 Å². The number of ether oxygens (including phenoxy) is 3. The SMILES string of the molecule is CCC(=O)OC(C)(C)C.CCCCCN(CCN(CCNCCC)CC(=O)OC(C)(C)C)CC(=O)OC(C)(C)C. The highest BCUT2D eigenvalue weighted by Gasteiger charge is 2.22. The van der Waals surface area contributed by atoms with E-state index in [2.05, 4.69) is 29.0 Å². The Hall–Kier alpha value is -1.71. The van der Waals surface area contributed by atoms with Crippen molar-refractivity contribution in [3.05, 3.63) is 0 Å². The Morgan fingerprint density at radius 3 is 1.32 bits per heavy atom. The van der Waals surface area contributed by atoms with Crippen LogP contribution in [0.4, 0.5) is 0 Å². The molecule has 9 heteroatoms. The van der Waals surface area contributed by atoms with Crippen molar-refractivity contribution in [1.29, 1.82) is 0 Å². The van der Waals surface area contributed by atoms with Gasteiger partial charge in [-0.3, -0.25) is 24.2 Å². The van der Waals surface area contributed by atoms with Crippen LogP contribution in [-0.4, -0.2) is 96.9 Å². The summed E-state index contributed by atoms with van der Waals surface area (Å²) in [5.41, 5.74) is -1.31. The molecule has 0 rings (SSSR count). The molecule has 0 amide bonds. The zero-order valence-electron chi connectivity index (χ0n) is 28.0. The van der Waals surface area contributed by atoms with Crippen LogP contribution in [-0.2, 0) is 28.6 Å². The zero-order valence-corrected chi connectivity index (χ0v) is 28.0. The summed E-state index contributed by atoms with van der Waals surface area (Å²) in [7, 11) is 0. The molecule has 0 aliphatic rings. The summed E-state index contributed by atoms with van der Waals surface area (Å²) < 4.78 is 16.0. The van der Waals surface area contributed by atoms with E-state index in [0.717, 1.165) is 51.9 Å². The van der Waals surface area contributed by atoms with E-state index in [4.69, 9.17) is 14.2 Å². The fraction of sp³-hybridized carbons (Fsp3) is 0.903. The van der Waals surface area contributed by atoms with Gasteiger partial charge in [0.15, 0.2) is 0 Å². The molecule has 0 unspecified atom stereocenters. The van der Waals surface area contributed by atoms with Crippen LogP contribution in [0.1, 0.15) is 115 Å². The summed E-state index contributed by atoms with van der Waals surface area (Å²) in [6, 6.07) is 0. The first kappa shape index (κ1) is 40.4. The zero-order chi connectivity index (χ0) is 31.4. The van der Waals surface area contributed by atoms with Crippen molar-refractivity contribution in [1.82, 2.24) is 15.1 Å². The van der Waals surface area contributed by atoms with E-state index in [-0.39, 0.29) is 36.6 Å². The van der Waals surface area contributed by atoms with E-state index in [1.54, 1.807) is 6.92 Å². The highest BCUT2D eigenvalue weighted by molar-refractivity contribution is 5.72. The molecule has 0 heterocycles. The lowest BCUT2D eigenvalue weighted by Gasteiger charge is -2.29. The van der Waals surface area contributed by atoms with Gasteiger partial charge in [0.05, 0.1) is 13.1 Å². The third kappa shape index (κ3) is 29.3. The van der Waals surface area contributed by atoms with Gasteiger partial charge in [-0.2, -0.15) is 0 Å². The third-order valence-electron chi connectivity index (χ3n) is 5.10. The predicted octanol–water partition coefficient (Wildman–Crippen LogP) is 5.20. The molecule has 0 aromatic heterocycles. The molecule has 0 bridgehead atoms. The Morgan fingerprint density at radius 1 is 0.550 bits per heavy atom. The van der Waals surface area contributed by atoms with Gasteiger partial charge in [0, 0.05) is 32.6 Å². The molecule has 0 atom stereocenters. The Labute approximate surface area is 246 Å². The first-order chi connectivity index (χ1) is 18.3. The number of hydrogen-bond donors (Lipinski definition) is 1. The summed E-state index contributed by atoms with van der Waals surface area (Å²) in [4.78, 5) is 39.6. The van der Waals surface area contributed by atoms with Crippen molar-refractivity contribution in [2.75, 3.05) is 52.4 Å². The highest BCUT2D eigenvalue weighted by Crippen LogP contribution is 2.10. The molecule has 0 aliphatic heterocycles. The molecule has 0 saturated carbocycles. The fourth-order valence-corrected chi connectivity index (χ4v) is 3.47. The van der Waals surface area contributed by atoms with Gasteiger partial charge in [-0.25, -0.2) is 0 Å². The molecule has 0 aromatic carbocycles. The lowest BCUT2D eigenvalue weighted by Crippen LogP contribution is -2.44. The number of hydrogen-bond acceptors (Lipinski definition) is 9. The number of carbonyl (C=O) groups is 3.